The largest absolute Gasteiger partial charge is 0.305 e. The van der Waals surface area contributed by atoms with Gasteiger partial charge in [-0.3, -0.25) is 0 Å². The van der Waals surface area contributed by atoms with Crippen LogP contribution in [0, 0.1) is 11.3 Å². The minimum Gasteiger partial charge on any atom is -0.305 e. The van der Waals surface area contributed by atoms with E-state index in [0.29, 0.717) is 5.92 Å². The van der Waals surface area contributed by atoms with Crippen molar-refractivity contribution in [2.24, 2.45) is 5.92 Å². The normalized spacial score (nSPS) is 15.6. The zero-order valence-electron chi connectivity index (χ0n) is 12.8. The van der Waals surface area contributed by atoms with E-state index in [9.17, 15) is 0 Å². The number of benzene rings is 3. The molecule has 0 unspecified atom stereocenters. The van der Waals surface area contributed by atoms with Crippen LogP contribution in [0.25, 0.3) is 21.5 Å². The monoisotopic (exact) mass is 287 g/mol. The number of nitrogens with one attached hydrogen (secondary N) is 1. The molecule has 0 aromatic heterocycles. The van der Waals surface area contributed by atoms with Crippen LogP contribution in [0.5, 0.6) is 0 Å². The summed E-state index contributed by atoms with van der Waals surface area (Å²) in [5.41, 5.74) is 1.97. The van der Waals surface area contributed by atoms with Gasteiger partial charge in [-0.25, -0.2) is 0 Å². The quantitative estimate of drug-likeness (QED) is 0.455. The van der Waals surface area contributed by atoms with E-state index in [0.717, 1.165) is 17.7 Å². The Bertz CT molecular complexity index is 787. The first-order valence-electron chi connectivity index (χ1n) is 8.31. The summed E-state index contributed by atoms with van der Waals surface area (Å²) in [7, 11) is 0. The van der Waals surface area contributed by atoms with E-state index in [1.54, 1.807) is 0 Å². The van der Waals surface area contributed by atoms with Crippen LogP contribution < -0.4 is 0 Å². The van der Waals surface area contributed by atoms with Crippen molar-refractivity contribution in [2.45, 2.75) is 32.1 Å². The van der Waals surface area contributed by atoms with Gasteiger partial charge in [-0.05, 0) is 39.9 Å². The highest BCUT2D eigenvalue weighted by atomic mass is 14.4. The summed E-state index contributed by atoms with van der Waals surface area (Å²) in [5.74, 6) is 0.713. The molecule has 0 radical (unpaired) electrons. The Morgan fingerprint density at radius 2 is 1.41 bits per heavy atom. The molecule has 4 rings (SSSR count). The molecule has 0 aliphatic heterocycles. The second-order valence-electron chi connectivity index (χ2n) is 6.53. The summed E-state index contributed by atoms with van der Waals surface area (Å²) in [5, 5.41) is 13.7. The molecular weight excluding hydrogens is 266 g/mol. The Morgan fingerprint density at radius 3 is 2.00 bits per heavy atom. The first-order chi connectivity index (χ1) is 10.8. The number of hydrogen-bond acceptors (Lipinski definition) is 1. The molecule has 0 heterocycles. The maximum absolute atomic E-state index is 8.76. The molecular formula is C21H21N. The molecule has 1 saturated carbocycles. The predicted molar refractivity (Wildman–Crippen MR) is 94.9 cm³/mol. The average molecular weight is 287 g/mol. The summed E-state index contributed by atoms with van der Waals surface area (Å²) in [6, 6.07) is 19.2. The standard InChI is InChI=1S/C21H21N/c22-20(13-15-7-1-2-8-15)21-18-11-5-3-9-16(18)14-17-10-4-6-12-19(17)21/h3-6,9-12,14-15,22H,1-2,7-8,13H2. The van der Waals surface area contributed by atoms with Crippen molar-refractivity contribution in [1.29, 1.82) is 5.41 Å². The van der Waals surface area contributed by atoms with E-state index < -0.39 is 0 Å². The minimum absolute atomic E-state index is 0.713. The van der Waals surface area contributed by atoms with Crippen molar-refractivity contribution >= 4 is 27.3 Å². The Balaban J connectivity index is 1.89. The molecule has 0 saturated heterocycles. The third-order valence-corrected chi connectivity index (χ3v) is 5.04. The number of rotatable bonds is 3. The number of hydrogen-bond donors (Lipinski definition) is 1. The summed E-state index contributed by atoms with van der Waals surface area (Å²) < 4.78 is 0. The summed E-state index contributed by atoms with van der Waals surface area (Å²) in [4.78, 5) is 0. The highest BCUT2D eigenvalue weighted by molar-refractivity contribution is 6.19. The summed E-state index contributed by atoms with van der Waals surface area (Å²) >= 11 is 0. The topological polar surface area (TPSA) is 23.9 Å². The molecule has 1 fully saturated rings. The van der Waals surface area contributed by atoms with Crippen molar-refractivity contribution in [3.63, 3.8) is 0 Å². The molecule has 1 aliphatic carbocycles. The van der Waals surface area contributed by atoms with Crippen LogP contribution in [0.3, 0.4) is 0 Å². The first kappa shape index (κ1) is 13.5. The van der Waals surface area contributed by atoms with Gasteiger partial charge in [0.25, 0.3) is 0 Å². The second-order valence-corrected chi connectivity index (χ2v) is 6.53. The van der Waals surface area contributed by atoms with E-state index in [1.165, 1.54) is 47.2 Å². The molecule has 3 aromatic carbocycles. The SMILES string of the molecule is N=C(CC1CCCC1)c1c2ccccc2cc2ccccc12. The molecule has 1 nitrogen and oxygen atoms in total. The van der Waals surface area contributed by atoms with Crippen molar-refractivity contribution in [3.05, 3.63) is 60.2 Å². The van der Waals surface area contributed by atoms with Gasteiger partial charge < -0.3 is 5.41 Å². The molecule has 1 heteroatoms. The van der Waals surface area contributed by atoms with Crippen LogP contribution in [0.1, 0.15) is 37.7 Å². The fourth-order valence-corrected chi connectivity index (χ4v) is 3.94. The number of fused-ring (bicyclic) bond motifs is 2. The fourth-order valence-electron chi connectivity index (χ4n) is 3.94. The van der Waals surface area contributed by atoms with E-state index in [-0.39, 0.29) is 0 Å². The molecule has 0 amide bonds. The molecule has 0 bridgehead atoms. The lowest BCUT2D eigenvalue weighted by atomic mass is 9.89. The van der Waals surface area contributed by atoms with Crippen LogP contribution >= 0.6 is 0 Å². The van der Waals surface area contributed by atoms with Crippen molar-refractivity contribution in [3.8, 4) is 0 Å². The molecule has 1 aliphatic rings. The summed E-state index contributed by atoms with van der Waals surface area (Å²) in [6.07, 6.45) is 6.20. The van der Waals surface area contributed by atoms with Gasteiger partial charge in [0.05, 0.1) is 0 Å². The van der Waals surface area contributed by atoms with Gasteiger partial charge in [0.1, 0.15) is 0 Å². The predicted octanol–water partition coefficient (Wildman–Crippen LogP) is 5.94. The Kier molecular flexibility index (Phi) is 3.42. The van der Waals surface area contributed by atoms with Gasteiger partial charge in [0.2, 0.25) is 0 Å². The average Bonchev–Trinajstić information content (AvgIpc) is 3.05. The lowest BCUT2D eigenvalue weighted by molar-refractivity contribution is 0.572. The second kappa shape index (κ2) is 5.57. The summed E-state index contributed by atoms with van der Waals surface area (Å²) in [6.45, 7) is 0. The minimum atomic E-state index is 0.713. The van der Waals surface area contributed by atoms with Crippen LogP contribution in [-0.2, 0) is 0 Å². The lowest BCUT2D eigenvalue weighted by Gasteiger charge is -2.15. The molecule has 22 heavy (non-hydrogen) atoms. The zero-order chi connectivity index (χ0) is 14.9. The van der Waals surface area contributed by atoms with Crippen LogP contribution in [0.4, 0.5) is 0 Å². The van der Waals surface area contributed by atoms with Crippen molar-refractivity contribution in [1.82, 2.24) is 0 Å². The smallest absolute Gasteiger partial charge is 0.0401 e. The van der Waals surface area contributed by atoms with E-state index in [4.69, 9.17) is 5.41 Å². The van der Waals surface area contributed by atoms with Crippen molar-refractivity contribution < 1.29 is 0 Å². The third kappa shape index (κ3) is 2.31. The highest BCUT2D eigenvalue weighted by Gasteiger charge is 2.19. The fraction of sp³-hybridized carbons (Fsp3) is 0.286. The van der Waals surface area contributed by atoms with E-state index in [2.05, 4.69) is 54.6 Å². The molecule has 0 spiro atoms. The van der Waals surface area contributed by atoms with Gasteiger partial charge in [-0.2, -0.15) is 0 Å². The van der Waals surface area contributed by atoms with Gasteiger partial charge >= 0.3 is 0 Å². The highest BCUT2D eigenvalue weighted by Crippen LogP contribution is 2.33. The van der Waals surface area contributed by atoms with Crippen LogP contribution in [0.2, 0.25) is 0 Å². The maximum Gasteiger partial charge on any atom is 0.0401 e. The van der Waals surface area contributed by atoms with Crippen LogP contribution in [0.15, 0.2) is 54.6 Å². The maximum atomic E-state index is 8.76. The van der Waals surface area contributed by atoms with Crippen molar-refractivity contribution in [2.75, 3.05) is 0 Å². The molecule has 0 atom stereocenters. The van der Waals surface area contributed by atoms with E-state index >= 15 is 0 Å². The van der Waals surface area contributed by atoms with Gasteiger partial charge in [-0.1, -0.05) is 74.2 Å². The molecule has 110 valence electrons. The van der Waals surface area contributed by atoms with Gasteiger partial charge in [-0.15, -0.1) is 0 Å². The lowest BCUT2D eigenvalue weighted by Crippen LogP contribution is -2.07. The molecule has 1 N–H and O–H groups in total. The zero-order valence-corrected chi connectivity index (χ0v) is 12.8. The van der Waals surface area contributed by atoms with E-state index in [1.807, 2.05) is 0 Å². The Hall–Kier alpha value is -2.15. The van der Waals surface area contributed by atoms with Crippen LogP contribution in [-0.4, -0.2) is 5.71 Å². The van der Waals surface area contributed by atoms with Gasteiger partial charge in [0, 0.05) is 11.3 Å². The first-order valence-corrected chi connectivity index (χ1v) is 8.31. The van der Waals surface area contributed by atoms with Gasteiger partial charge in [0.15, 0.2) is 0 Å². The Labute approximate surface area is 131 Å². The Morgan fingerprint density at radius 1 is 0.864 bits per heavy atom. The third-order valence-electron chi connectivity index (χ3n) is 5.04. The molecule has 3 aromatic rings.